The molecule has 2 aliphatic heterocycles. The van der Waals surface area contributed by atoms with Crippen LogP contribution in [0.1, 0.15) is 5.76 Å². The second-order valence-corrected chi connectivity index (χ2v) is 4.71. The Morgan fingerprint density at radius 1 is 1.31 bits per heavy atom. The van der Waals surface area contributed by atoms with E-state index in [4.69, 9.17) is 4.42 Å². The van der Waals surface area contributed by atoms with Crippen molar-refractivity contribution >= 4 is 0 Å². The molecule has 0 aliphatic carbocycles. The normalized spacial score (nSPS) is 24.5. The van der Waals surface area contributed by atoms with Gasteiger partial charge in [-0.15, -0.1) is 0 Å². The third-order valence-electron chi connectivity index (χ3n) is 3.57. The SMILES string of the molecule is c1coc(CN2CC(N3CCNCC3)C2)c1. The van der Waals surface area contributed by atoms with Crippen LogP contribution < -0.4 is 5.32 Å². The minimum atomic E-state index is 0.775. The van der Waals surface area contributed by atoms with Crippen molar-refractivity contribution < 1.29 is 4.42 Å². The van der Waals surface area contributed by atoms with E-state index < -0.39 is 0 Å². The van der Waals surface area contributed by atoms with E-state index in [0.29, 0.717) is 0 Å². The van der Waals surface area contributed by atoms with Crippen LogP contribution in [0.5, 0.6) is 0 Å². The number of nitrogens with zero attached hydrogens (tertiary/aromatic N) is 2. The Bertz CT molecular complexity index is 313. The lowest BCUT2D eigenvalue weighted by Crippen LogP contribution is -2.62. The fourth-order valence-corrected chi connectivity index (χ4v) is 2.57. The number of rotatable bonds is 3. The molecule has 4 nitrogen and oxygen atoms in total. The maximum Gasteiger partial charge on any atom is 0.117 e. The van der Waals surface area contributed by atoms with Crippen LogP contribution in [0.15, 0.2) is 22.8 Å². The van der Waals surface area contributed by atoms with E-state index in [1.54, 1.807) is 6.26 Å². The van der Waals surface area contributed by atoms with Crippen molar-refractivity contribution in [1.29, 1.82) is 0 Å². The molecule has 0 bridgehead atoms. The second kappa shape index (κ2) is 4.57. The van der Waals surface area contributed by atoms with Crippen LogP contribution in [0.25, 0.3) is 0 Å². The molecule has 3 heterocycles. The van der Waals surface area contributed by atoms with Crippen LogP contribution in [0.2, 0.25) is 0 Å². The highest BCUT2D eigenvalue weighted by molar-refractivity contribution is 5.00. The molecule has 88 valence electrons. The Morgan fingerprint density at radius 2 is 2.12 bits per heavy atom. The van der Waals surface area contributed by atoms with E-state index in [1.165, 1.54) is 26.2 Å². The second-order valence-electron chi connectivity index (χ2n) is 4.71. The summed E-state index contributed by atoms with van der Waals surface area (Å²) in [6.45, 7) is 8.07. The van der Waals surface area contributed by atoms with Crippen LogP contribution in [-0.4, -0.2) is 55.1 Å². The van der Waals surface area contributed by atoms with E-state index in [9.17, 15) is 0 Å². The van der Waals surface area contributed by atoms with Gasteiger partial charge in [0.1, 0.15) is 5.76 Å². The summed E-state index contributed by atoms with van der Waals surface area (Å²) in [7, 11) is 0. The molecule has 1 aromatic heterocycles. The Kier molecular flexibility index (Phi) is 2.95. The Hall–Kier alpha value is -0.840. The van der Waals surface area contributed by atoms with Gasteiger partial charge in [0.2, 0.25) is 0 Å². The van der Waals surface area contributed by atoms with Crippen LogP contribution in [0, 0.1) is 0 Å². The van der Waals surface area contributed by atoms with Crippen molar-refractivity contribution in [2.45, 2.75) is 12.6 Å². The zero-order valence-corrected chi connectivity index (χ0v) is 9.56. The number of likely N-dealkylation sites (tertiary alicyclic amines) is 1. The van der Waals surface area contributed by atoms with Crippen molar-refractivity contribution in [3.05, 3.63) is 24.2 Å². The largest absolute Gasteiger partial charge is 0.468 e. The molecule has 0 aromatic carbocycles. The first-order valence-electron chi connectivity index (χ1n) is 6.11. The highest BCUT2D eigenvalue weighted by Gasteiger charge is 2.32. The summed E-state index contributed by atoms with van der Waals surface area (Å²) in [6, 6.07) is 4.79. The third-order valence-corrected chi connectivity index (χ3v) is 3.57. The molecule has 0 saturated carbocycles. The summed E-state index contributed by atoms with van der Waals surface area (Å²) < 4.78 is 5.36. The first kappa shape index (κ1) is 10.3. The van der Waals surface area contributed by atoms with Crippen molar-refractivity contribution in [1.82, 2.24) is 15.1 Å². The minimum absolute atomic E-state index is 0.775. The molecule has 2 fully saturated rings. The zero-order chi connectivity index (χ0) is 10.8. The van der Waals surface area contributed by atoms with E-state index in [2.05, 4.69) is 21.2 Å². The molecule has 0 unspecified atom stereocenters. The molecular weight excluding hydrogens is 202 g/mol. The molecule has 0 atom stereocenters. The van der Waals surface area contributed by atoms with E-state index in [1.807, 2.05) is 6.07 Å². The smallest absolute Gasteiger partial charge is 0.117 e. The number of hydrogen-bond acceptors (Lipinski definition) is 4. The first-order chi connectivity index (χ1) is 7.92. The predicted octanol–water partition coefficient (Wildman–Crippen LogP) is 0.369. The molecule has 1 aromatic rings. The third kappa shape index (κ3) is 2.14. The highest BCUT2D eigenvalue weighted by Crippen LogP contribution is 2.18. The molecule has 16 heavy (non-hydrogen) atoms. The monoisotopic (exact) mass is 221 g/mol. The van der Waals surface area contributed by atoms with Gasteiger partial charge in [0.15, 0.2) is 0 Å². The Morgan fingerprint density at radius 3 is 2.81 bits per heavy atom. The quantitative estimate of drug-likeness (QED) is 0.799. The van der Waals surface area contributed by atoms with Crippen molar-refractivity contribution in [2.75, 3.05) is 39.3 Å². The van der Waals surface area contributed by atoms with Gasteiger partial charge in [-0.05, 0) is 12.1 Å². The molecule has 0 radical (unpaired) electrons. The lowest BCUT2D eigenvalue weighted by Gasteiger charge is -2.46. The van der Waals surface area contributed by atoms with Gasteiger partial charge < -0.3 is 9.73 Å². The maximum absolute atomic E-state index is 5.36. The fourth-order valence-electron chi connectivity index (χ4n) is 2.57. The molecule has 0 spiro atoms. The summed E-state index contributed by atoms with van der Waals surface area (Å²) in [6.07, 6.45) is 1.75. The number of piperazine rings is 1. The lowest BCUT2D eigenvalue weighted by atomic mass is 10.1. The van der Waals surface area contributed by atoms with Crippen LogP contribution in [0.4, 0.5) is 0 Å². The first-order valence-corrected chi connectivity index (χ1v) is 6.11. The van der Waals surface area contributed by atoms with Gasteiger partial charge in [-0.3, -0.25) is 9.80 Å². The summed E-state index contributed by atoms with van der Waals surface area (Å²) in [5.74, 6) is 1.08. The molecule has 2 saturated heterocycles. The topological polar surface area (TPSA) is 31.7 Å². The van der Waals surface area contributed by atoms with Gasteiger partial charge in [-0.2, -0.15) is 0 Å². The number of hydrogen-bond donors (Lipinski definition) is 1. The summed E-state index contributed by atoms with van der Waals surface area (Å²) in [4.78, 5) is 5.06. The molecular formula is C12H19N3O. The minimum Gasteiger partial charge on any atom is -0.468 e. The van der Waals surface area contributed by atoms with Gasteiger partial charge in [-0.1, -0.05) is 0 Å². The van der Waals surface area contributed by atoms with Crippen LogP contribution in [-0.2, 0) is 6.54 Å². The van der Waals surface area contributed by atoms with Gasteiger partial charge in [0.25, 0.3) is 0 Å². The zero-order valence-electron chi connectivity index (χ0n) is 9.56. The highest BCUT2D eigenvalue weighted by atomic mass is 16.3. The molecule has 2 aliphatic rings. The van der Waals surface area contributed by atoms with Crippen LogP contribution in [0.3, 0.4) is 0 Å². The van der Waals surface area contributed by atoms with Gasteiger partial charge in [0.05, 0.1) is 12.8 Å². The fraction of sp³-hybridized carbons (Fsp3) is 0.667. The van der Waals surface area contributed by atoms with Gasteiger partial charge in [0, 0.05) is 45.3 Å². The van der Waals surface area contributed by atoms with Gasteiger partial charge >= 0.3 is 0 Å². The molecule has 4 heteroatoms. The summed E-state index contributed by atoms with van der Waals surface area (Å²) in [5.41, 5.74) is 0. The average Bonchev–Trinajstić information content (AvgIpc) is 2.77. The predicted molar refractivity (Wildman–Crippen MR) is 62.2 cm³/mol. The van der Waals surface area contributed by atoms with Gasteiger partial charge in [-0.25, -0.2) is 0 Å². The van der Waals surface area contributed by atoms with Crippen molar-refractivity contribution in [3.63, 3.8) is 0 Å². The molecule has 0 amide bonds. The van der Waals surface area contributed by atoms with Crippen molar-refractivity contribution in [3.8, 4) is 0 Å². The Labute approximate surface area is 96.2 Å². The maximum atomic E-state index is 5.36. The molecule has 1 N–H and O–H groups in total. The molecule has 3 rings (SSSR count). The van der Waals surface area contributed by atoms with E-state index in [0.717, 1.165) is 31.4 Å². The summed E-state index contributed by atoms with van der Waals surface area (Å²) >= 11 is 0. The lowest BCUT2D eigenvalue weighted by molar-refractivity contribution is 0.0186. The van der Waals surface area contributed by atoms with E-state index in [-0.39, 0.29) is 0 Å². The average molecular weight is 221 g/mol. The van der Waals surface area contributed by atoms with E-state index >= 15 is 0 Å². The van der Waals surface area contributed by atoms with Crippen molar-refractivity contribution in [2.24, 2.45) is 0 Å². The summed E-state index contributed by atoms with van der Waals surface area (Å²) in [5, 5.41) is 3.40. The Balaban J connectivity index is 1.44. The van der Waals surface area contributed by atoms with Crippen LogP contribution >= 0.6 is 0 Å². The standard InChI is InChI=1S/C12H19N3O/c1-2-12(16-7-1)10-14-8-11(9-14)15-5-3-13-4-6-15/h1-2,7,11,13H,3-6,8-10H2. The number of furan rings is 1. The number of nitrogens with one attached hydrogen (secondary N) is 1.